The second-order valence-corrected chi connectivity index (χ2v) is 1.73. The van der Waals surface area contributed by atoms with Gasteiger partial charge in [0.2, 0.25) is 0 Å². The summed E-state index contributed by atoms with van der Waals surface area (Å²) in [6, 6.07) is 0. The van der Waals surface area contributed by atoms with Gasteiger partial charge in [-0.25, -0.2) is 11.4 Å². The van der Waals surface area contributed by atoms with Crippen LogP contribution >= 0.6 is 0 Å². The van der Waals surface area contributed by atoms with Crippen LogP contribution in [0, 0.1) is 0 Å². The average molecular weight is 115 g/mol. The van der Waals surface area contributed by atoms with Crippen molar-refractivity contribution in [2.75, 3.05) is 0 Å². The molecule has 0 bridgehead atoms. The van der Waals surface area contributed by atoms with E-state index < -0.39 is 0 Å². The zero-order valence-electron chi connectivity index (χ0n) is 5.44. The number of hydrogen-bond acceptors (Lipinski definition) is 3. The number of rotatable bonds is 3. The van der Waals surface area contributed by atoms with Crippen LogP contribution in [0.3, 0.4) is 0 Å². The molecule has 0 aromatic rings. The third kappa shape index (κ3) is 3.61. The molecule has 0 radical (unpaired) electrons. The van der Waals surface area contributed by atoms with Crippen LogP contribution in [0.5, 0.6) is 0 Å². The van der Waals surface area contributed by atoms with Gasteiger partial charge in [-0.05, 0) is 13.3 Å². The molecule has 3 heteroatoms. The number of hydrogen-bond donors (Lipinski definition) is 2. The molecule has 0 spiro atoms. The molecule has 0 atom stereocenters. The largest absolute Gasteiger partial charge is 0.246 e. The van der Waals surface area contributed by atoms with E-state index in [9.17, 15) is 0 Å². The summed E-state index contributed by atoms with van der Waals surface area (Å²) in [5, 5.41) is 3.76. The summed E-state index contributed by atoms with van der Waals surface area (Å²) >= 11 is 0. The van der Waals surface area contributed by atoms with Crippen molar-refractivity contribution in [1.82, 2.24) is 5.53 Å². The first kappa shape index (κ1) is 7.43. The van der Waals surface area contributed by atoms with Crippen LogP contribution in [-0.2, 0) is 0 Å². The normalized spacial score (nSPS) is 11.6. The van der Waals surface area contributed by atoms with E-state index in [1.54, 1.807) is 0 Å². The minimum Gasteiger partial charge on any atom is -0.246 e. The summed E-state index contributed by atoms with van der Waals surface area (Å²) in [6.07, 6.45) is 2.14. The molecule has 0 heterocycles. The van der Waals surface area contributed by atoms with Gasteiger partial charge in [0.25, 0.3) is 0 Å². The first-order valence-corrected chi connectivity index (χ1v) is 2.80. The van der Waals surface area contributed by atoms with E-state index in [4.69, 9.17) is 5.84 Å². The maximum atomic E-state index is 4.92. The molecule has 3 nitrogen and oxygen atoms in total. The van der Waals surface area contributed by atoms with E-state index in [1.807, 2.05) is 6.92 Å². The standard InChI is InChI=1S/C5H13N3/c1-3-4-5(2)7-8-6/h8H,3-4,6H2,1-2H3/b7-5-. The van der Waals surface area contributed by atoms with Gasteiger partial charge in [-0.15, -0.1) is 0 Å². The fraction of sp³-hybridized carbons (Fsp3) is 0.800. The Morgan fingerprint density at radius 2 is 2.38 bits per heavy atom. The molecule has 3 N–H and O–H groups in total. The molecule has 48 valence electrons. The quantitative estimate of drug-likeness (QED) is 0.322. The maximum Gasteiger partial charge on any atom is 0.0362 e. The lowest BCUT2D eigenvalue weighted by molar-refractivity contribution is 0.793. The molecule has 8 heavy (non-hydrogen) atoms. The first-order valence-electron chi connectivity index (χ1n) is 2.80. The van der Waals surface area contributed by atoms with Crippen LogP contribution in [0.1, 0.15) is 26.7 Å². The molecule has 0 saturated heterocycles. The molecule has 0 aliphatic carbocycles. The van der Waals surface area contributed by atoms with Crippen LogP contribution < -0.4 is 11.4 Å². The van der Waals surface area contributed by atoms with Crippen LogP contribution in [0.15, 0.2) is 5.10 Å². The molecule has 0 aliphatic heterocycles. The Bertz CT molecular complexity index is 77.7. The Labute approximate surface area is 49.9 Å². The number of nitrogens with two attached hydrogens (primary N) is 1. The van der Waals surface area contributed by atoms with Crippen LogP contribution in [0.4, 0.5) is 0 Å². The fourth-order valence-electron chi connectivity index (χ4n) is 0.528. The number of hydrazone groups is 1. The zero-order valence-corrected chi connectivity index (χ0v) is 5.44. The Morgan fingerprint density at radius 1 is 1.75 bits per heavy atom. The number of nitrogens with one attached hydrogen (secondary N) is 1. The van der Waals surface area contributed by atoms with E-state index in [-0.39, 0.29) is 0 Å². The van der Waals surface area contributed by atoms with Gasteiger partial charge in [-0.1, -0.05) is 13.3 Å². The van der Waals surface area contributed by atoms with Gasteiger partial charge in [0.15, 0.2) is 0 Å². The number of nitrogens with zero attached hydrogens (tertiary/aromatic N) is 1. The van der Waals surface area contributed by atoms with Gasteiger partial charge < -0.3 is 0 Å². The summed E-state index contributed by atoms with van der Waals surface area (Å²) in [7, 11) is 0. The Morgan fingerprint density at radius 3 is 2.75 bits per heavy atom. The van der Waals surface area contributed by atoms with Crippen molar-refractivity contribution in [3.05, 3.63) is 0 Å². The summed E-state index contributed by atoms with van der Waals surface area (Å²) in [6.45, 7) is 4.05. The molecule has 0 aromatic carbocycles. The topological polar surface area (TPSA) is 50.4 Å². The molecule has 0 aromatic heterocycles. The minimum atomic E-state index is 1.02. The Kier molecular flexibility index (Phi) is 4.26. The summed E-state index contributed by atoms with van der Waals surface area (Å²) in [4.78, 5) is 0. The van der Waals surface area contributed by atoms with Crippen molar-refractivity contribution >= 4 is 5.71 Å². The molecule has 0 saturated carbocycles. The second kappa shape index (κ2) is 4.59. The van der Waals surface area contributed by atoms with Gasteiger partial charge in [-0.3, -0.25) is 0 Å². The van der Waals surface area contributed by atoms with Crippen LogP contribution in [0.2, 0.25) is 0 Å². The highest BCUT2D eigenvalue weighted by Crippen LogP contribution is 1.87. The van der Waals surface area contributed by atoms with Crippen molar-refractivity contribution in [1.29, 1.82) is 0 Å². The summed E-state index contributed by atoms with van der Waals surface area (Å²) in [5.41, 5.74) is 3.29. The predicted molar refractivity (Wildman–Crippen MR) is 35.3 cm³/mol. The Hall–Kier alpha value is -0.570. The highest BCUT2D eigenvalue weighted by atomic mass is 15.5. The van der Waals surface area contributed by atoms with Crippen molar-refractivity contribution < 1.29 is 0 Å². The van der Waals surface area contributed by atoms with Gasteiger partial charge in [0.1, 0.15) is 0 Å². The molecule has 0 rings (SSSR count). The lowest BCUT2D eigenvalue weighted by atomic mass is 10.2. The van der Waals surface area contributed by atoms with Crippen molar-refractivity contribution in [3.8, 4) is 0 Å². The van der Waals surface area contributed by atoms with E-state index >= 15 is 0 Å². The first-order chi connectivity index (χ1) is 3.81. The van der Waals surface area contributed by atoms with Gasteiger partial charge in [0.05, 0.1) is 0 Å². The summed E-state index contributed by atoms with van der Waals surface area (Å²) in [5.74, 6) is 4.92. The molecule has 0 unspecified atom stereocenters. The van der Waals surface area contributed by atoms with Gasteiger partial charge in [0, 0.05) is 5.71 Å². The fourth-order valence-corrected chi connectivity index (χ4v) is 0.528. The van der Waals surface area contributed by atoms with Crippen molar-refractivity contribution in [2.45, 2.75) is 26.7 Å². The molecular formula is C5H13N3. The lowest BCUT2D eigenvalue weighted by Gasteiger charge is -1.93. The highest BCUT2D eigenvalue weighted by Gasteiger charge is 1.84. The third-order valence-electron chi connectivity index (χ3n) is 0.867. The third-order valence-corrected chi connectivity index (χ3v) is 0.867. The minimum absolute atomic E-state index is 1.02. The molecule has 0 fully saturated rings. The Balaban J connectivity index is 3.29. The predicted octanol–water partition coefficient (Wildman–Crippen LogP) is 0.626. The van der Waals surface area contributed by atoms with Crippen molar-refractivity contribution in [2.24, 2.45) is 10.9 Å². The smallest absolute Gasteiger partial charge is 0.0362 e. The highest BCUT2D eigenvalue weighted by molar-refractivity contribution is 5.81. The maximum absolute atomic E-state index is 4.92. The lowest BCUT2D eigenvalue weighted by Crippen LogP contribution is -2.15. The molecule has 0 amide bonds. The average Bonchev–Trinajstić information content (AvgIpc) is 1.68. The van der Waals surface area contributed by atoms with Crippen molar-refractivity contribution in [3.63, 3.8) is 0 Å². The van der Waals surface area contributed by atoms with E-state index in [2.05, 4.69) is 17.6 Å². The second-order valence-electron chi connectivity index (χ2n) is 1.73. The monoisotopic (exact) mass is 115 g/mol. The molecular weight excluding hydrogens is 102 g/mol. The van der Waals surface area contributed by atoms with E-state index in [0.29, 0.717) is 0 Å². The summed E-state index contributed by atoms with van der Waals surface area (Å²) < 4.78 is 0. The van der Waals surface area contributed by atoms with E-state index in [0.717, 1.165) is 18.6 Å². The van der Waals surface area contributed by atoms with Crippen LogP contribution in [-0.4, -0.2) is 5.71 Å². The zero-order chi connectivity index (χ0) is 6.41. The van der Waals surface area contributed by atoms with Crippen LogP contribution in [0.25, 0.3) is 0 Å². The number of hydrazine groups is 1. The SMILES string of the molecule is CCC/C(C)=N\NN. The van der Waals surface area contributed by atoms with E-state index in [1.165, 1.54) is 0 Å². The van der Waals surface area contributed by atoms with Gasteiger partial charge >= 0.3 is 0 Å². The van der Waals surface area contributed by atoms with Gasteiger partial charge in [-0.2, -0.15) is 5.10 Å². The molecule has 0 aliphatic rings.